The molecule has 2 rings (SSSR count). The van der Waals surface area contributed by atoms with Gasteiger partial charge in [0.1, 0.15) is 5.75 Å². The van der Waals surface area contributed by atoms with Crippen LogP contribution in [0.4, 0.5) is 0 Å². The standard InChI is InChI=1S/C17H27NO2/c1-5-20-14-8-13(9-14)10-16(18)15-6-12(3)17(19-4)7-11(15)2/h6-7,13-14,16H,5,8-10,18H2,1-4H3. The highest BCUT2D eigenvalue weighted by Gasteiger charge is 2.31. The first kappa shape index (κ1) is 15.3. The number of benzene rings is 1. The van der Waals surface area contributed by atoms with Gasteiger partial charge in [0.25, 0.3) is 0 Å². The van der Waals surface area contributed by atoms with Gasteiger partial charge in [0, 0.05) is 12.6 Å². The molecule has 112 valence electrons. The van der Waals surface area contributed by atoms with Crippen molar-refractivity contribution in [1.82, 2.24) is 0 Å². The lowest BCUT2D eigenvalue weighted by Crippen LogP contribution is -2.33. The smallest absolute Gasteiger partial charge is 0.122 e. The molecule has 2 N–H and O–H groups in total. The summed E-state index contributed by atoms with van der Waals surface area (Å²) in [5.41, 5.74) is 10.0. The highest BCUT2D eigenvalue weighted by Crippen LogP contribution is 2.37. The third kappa shape index (κ3) is 3.33. The molecule has 3 nitrogen and oxygen atoms in total. The summed E-state index contributed by atoms with van der Waals surface area (Å²) in [6, 6.07) is 4.39. The van der Waals surface area contributed by atoms with Gasteiger partial charge < -0.3 is 15.2 Å². The number of hydrogen-bond donors (Lipinski definition) is 1. The van der Waals surface area contributed by atoms with Crippen LogP contribution >= 0.6 is 0 Å². The summed E-state index contributed by atoms with van der Waals surface area (Å²) in [6.07, 6.45) is 3.85. The van der Waals surface area contributed by atoms with Gasteiger partial charge in [-0.25, -0.2) is 0 Å². The monoisotopic (exact) mass is 277 g/mol. The summed E-state index contributed by atoms with van der Waals surface area (Å²) in [4.78, 5) is 0. The van der Waals surface area contributed by atoms with E-state index >= 15 is 0 Å². The minimum atomic E-state index is 0.118. The van der Waals surface area contributed by atoms with Gasteiger partial charge in [-0.2, -0.15) is 0 Å². The van der Waals surface area contributed by atoms with Crippen molar-refractivity contribution in [2.45, 2.75) is 52.2 Å². The van der Waals surface area contributed by atoms with Crippen molar-refractivity contribution < 1.29 is 9.47 Å². The van der Waals surface area contributed by atoms with E-state index in [1.165, 1.54) is 11.1 Å². The molecule has 1 unspecified atom stereocenters. The lowest BCUT2D eigenvalue weighted by molar-refractivity contribution is -0.0282. The third-order valence-electron chi connectivity index (χ3n) is 4.37. The molecule has 1 aliphatic rings. The second kappa shape index (κ2) is 6.59. The van der Waals surface area contributed by atoms with Crippen LogP contribution in [0.5, 0.6) is 5.75 Å². The molecule has 1 aliphatic carbocycles. The fraction of sp³-hybridized carbons (Fsp3) is 0.647. The average molecular weight is 277 g/mol. The highest BCUT2D eigenvalue weighted by molar-refractivity contribution is 5.42. The van der Waals surface area contributed by atoms with Crippen LogP contribution in [0.15, 0.2) is 12.1 Å². The summed E-state index contributed by atoms with van der Waals surface area (Å²) in [5.74, 6) is 1.65. The van der Waals surface area contributed by atoms with E-state index in [1.54, 1.807) is 7.11 Å². The van der Waals surface area contributed by atoms with Gasteiger partial charge in [0.15, 0.2) is 0 Å². The van der Waals surface area contributed by atoms with Crippen LogP contribution in [0.25, 0.3) is 0 Å². The maximum absolute atomic E-state index is 6.40. The molecular formula is C17H27NO2. The molecule has 1 saturated carbocycles. The van der Waals surface area contributed by atoms with Crippen molar-refractivity contribution in [1.29, 1.82) is 0 Å². The summed E-state index contributed by atoms with van der Waals surface area (Å²) in [6.45, 7) is 7.06. The summed E-state index contributed by atoms with van der Waals surface area (Å²) < 4.78 is 11.0. The Bertz CT molecular complexity index is 453. The van der Waals surface area contributed by atoms with Crippen LogP contribution in [0.1, 0.15) is 48.9 Å². The Kier molecular flexibility index (Phi) is 5.06. The van der Waals surface area contributed by atoms with Crippen LogP contribution in [-0.4, -0.2) is 19.8 Å². The Morgan fingerprint density at radius 1 is 1.25 bits per heavy atom. The van der Waals surface area contributed by atoms with Gasteiger partial charge in [-0.05, 0) is 68.7 Å². The maximum atomic E-state index is 6.40. The molecule has 20 heavy (non-hydrogen) atoms. The van der Waals surface area contributed by atoms with E-state index in [0.29, 0.717) is 12.0 Å². The minimum absolute atomic E-state index is 0.118. The Labute approximate surface area is 122 Å². The number of ether oxygens (including phenoxy) is 2. The normalized spacial score (nSPS) is 23.2. The molecule has 0 aromatic heterocycles. The zero-order chi connectivity index (χ0) is 14.7. The topological polar surface area (TPSA) is 44.5 Å². The van der Waals surface area contributed by atoms with Crippen molar-refractivity contribution in [3.8, 4) is 5.75 Å². The van der Waals surface area contributed by atoms with Gasteiger partial charge in [-0.15, -0.1) is 0 Å². The van der Waals surface area contributed by atoms with Crippen LogP contribution in [0, 0.1) is 19.8 Å². The van der Waals surface area contributed by atoms with Crippen molar-refractivity contribution >= 4 is 0 Å². The molecule has 1 aromatic carbocycles. The van der Waals surface area contributed by atoms with E-state index in [2.05, 4.69) is 32.9 Å². The Morgan fingerprint density at radius 3 is 2.55 bits per heavy atom. The molecule has 1 atom stereocenters. The molecule has 0 amide bonds. The summed E-state index contributed by atoms with van der Waals surface area (Å²) in [5, 5.41) is 0. The quantitative estimate of drug-likeness (QED) is 0.865. The maximum Gasteiger partial charge on any atom is 0.122 e. The molecule has 0 spiro atoms. The zero-order valence-corrected chi connectivity index (χ0v) is 13.1. The number of hydrogen-bond acceptors (Lipinski definition) is 3. The van der Waals surface area contributed by atoms with E-state index < -0.39 is 0 Å². The van der Waals surface area contributed by atoms with E-state index in [-0.39, 0.29) is 6.04 Å². The molecule has 3 heteroatoms. The molecule has 1 aromatic rings. The van der Waals surface area contributed by atoms with Crippen molar-refractivity contribution in [3.05, 3.63) is 28.8 Å². The SMILES string of the molecule is CCOC1CC(CC(N)c2cc(C)c(OC)cc2C)C1. The van der Waals surface area contributed by atoms with Crippen LogP contribution in [0.3, 0.4) is 0 Å². The number of aryl methyl sites for hydroxylation is 2. The lowest BCUT2D eigenvalue weighted by atomic mass is 9.77. The number of rotatable bonds is 6. The first-order valence-electron chi connectivity index (χ1n) is 7.57. The van der Waals surface area contributed by atoms with E-state index in [1.807, 2.05) is 0 Å². The molecule has 0 saturated heterocycles. The van der Waals surface area contributed by atoms with Crippen molar-refractivity contribution in [2.75, 3.05) is 13.7 Å². The zero-order valence-electron chi connectivity index (χ0n) is 13.1. The van der Waals surface area contributed by atoms with E-state index in [9.17, 15) is 0 Å². The van der Waals surface area contributed by atoms with Gasteiger partial charge in [-0.3, -0.25) is 0 Å². The molecule has 1 fully saturated rings. The number of nitrogens with two attached hydrogens (primary N) is 1. The molecule has 0 aliphatic heterocycles. The number of methoxy groups -OCH3 is 1. The predicted octanol–water partition coefficient (Wildman–Crippen LogP) is 3.52. The molecule has 0 heterocycles. The second-order valence-corrected chi connectivity index (χ2v) is 5.94. The van der Waals surface area contributed by atoms with Gasteiger partial charge in [0.2, 0.25) is 0 Å². The first-order valence-corrected chi connectivity index (χ1v) is 7.57. The Balaban J connectivity index is 1.96. The van der Waals surface area contributed by atoms with E-state index in [4.69, 9.17) is 15.2 Å². The molecular weight excluding hydrogens is 250 g/mol. The Morgan fingerprint density at radius 2 is 1.95 bits per heavy atom. The van der Waals surface area contributed by atoms with Crippen molar-refractivity contribution in [2.24, 2.45) is 11.7 Å². The van der Waals surface area contributed by atoms with Gasteiger partial charge in [-0.1, -0.05) is 6.07 Å². The largest absolute Gasteiger partial charge is 0.496 e. The fourth-order valence-electron chi connectivity index (χ4n) is 3.16. The fourth-order valence-corrected chi connectivity index (χ4v) is 3.16. The summed E-state index contributed by atoms with van der Waals surface area (Å²) in [7, 11) is 1.71. The lowest BCUT2D eigenvalue weighted by Gasteiger charge is -2.36. The summed E-state index contributed by atoms with van der Waals surface area (Å²) >= 11 is 0. The van der Waals surface area contributed by atoms with E-state index in [0.717, 1.165) is 37.2 Å². The third-order valence-corrected chi connectivity index (χ3v) is 4.37. The van der Waals surface area contributed by atoms with Crippen LogP contribution in [0.2, 0.25) is 0 Å². The van der Waals surface area contributed by atoms with Gasteiger partial charge >= 0.3 is 0 Å². The highest BCUT2D eigenvalue weighted by atomic mass is 16.5. The van der Waals surface area contributed by atoms with Crippen LogP contribution < -0.4 is 10.5 Å². The predicted molar refractivity (Wildman–Crippen MR) is 82.2 cm³/mol. The average Bonchev–Trinajstić information content (AvgIpc) is 2.38. The minimum Gasteiger partial charge on any atom is -0.496 e. The van der Waals surface area contributed by atoms with Gasteiger partial charge in [0.05, 0.1) is 13.2 Å². The van der Waals surface area contributed by atoms with Crippen molar-refractivity contribution in [3.63, 3.8) is 0 Å². The Hall–Kier alpha value is -1.06. The van der Waals surface area contributed by atoms with Crippen LogP contribution in [-0.2, 0) is 4.74 Å². The molecule has 0 radical (unpaired) electrons. The molecule has 0 bridgehead atoms. The second-order valence-electron chi connectivity index (χ2n) is 5.94. The first-order chi connectivity index (χ1) is 9.55.